The lowest BCUT2D eigenvalue weighted by atomic mass is 9.71. The van der Waals surface area contributed by atoms with Crippen LogP contribution in [0.2, 0.25) is 0 Å². The predicted octanol–water partition coefficient (Wildman–Crippen LogP) is 5.60. The SMILES string of the molecule is CC[C@H](C)[C@H]1O[C@]2(CC[C@@H]1C)C[C@@H]1C[C@@H](C/C=C(/C)[C@@H](O[C@H]3C[C@H](OC)[C@@H](O[C@H]4C[C@H](OC)[C@@H](O)[C@H](C)O4)[C@H](C)O3)[C@@H](C)/C=C/C=C3\CO[C@@H]4[C@H](O)C(C)=C[C@@H](C(=O)O1)[C@]34O)O2. The van der Waals surface area contributed by atoms with Crippen LogP contribution in [0.3, 0.4) is 0 Å². The summed E-state index contributed by atoms with van der Waals surface area (Å²) in [6.07, 6.45) is 6.53. The van der Waals surface area contributed by atoms with Crippen molar-refractivity contribution in [1.29, 1.82) is 0 Å². The third-order valence-corrected chi connectivity index (χ3v) is 14.9. The largest absolute Gasteiger partial charge is 0.462 e. The van der Waals surface area contributed by atoms with Gasteiger partial charge < -0.3 is 62.7 Å². The number of aliphatic hydroxyl groups is 3. The van der Waals surface area contributed by atoms with Crippen LogP contribution in [-0.4, -0.2) is 139 Å². The Hall–Kier alpha value is -2.05. The van der Waals surface area contributed by atoms with E-state index in [0.717, 1.165) is 18.4 Å². The molecule has 14 nitrogen and oxygen atoms in total. The first-order valence-electron chi connectivity index (χ1n) is 23.2. The average molecular weight is 875 g/mol. The van der Waals surface area contributed by atoms with Gasteiger partial charge in [0.1, 0.15) is 42.0 Å². The van der Waals surface area contributed by atoms with Crippen molar-refractivity contribution in [3.05, 3.63) is 47.1 Å². The number of aliphatic hydroxyl groups excluding tert-OH is 2. The van der Waals surface area contributed by atoms with E-state index in [-0.39, 0.29) is 30.8 Å². The summed E-state index contributed by atoms with van der Waals surface area (Å²) in [4.78, 5) is 14.4. The molecule has 350 valence electrons. The van der Waals surface area contributed by atoms with Crippen LogP contribution in [0.25, 0.3) is 0 Å². The van der Waals surface area contributed by atoms with Crippen molar-refractivity contribution in [2.24, 2.45) is 23.7 Å². The number of hydrogen-bond acceptors (Lipinski definition) is 14. The third kappa shape index (κ3) is 9.73. The molecule has 1 aliphatic carbocycles. The van der Waals surface area contributed by atoms with Crippen molar-refractivity contribution in [2.45, 2.75) is 204 Å². The van der Waals surface area contributed by atoms with Crippen molar-refractivity contribution in [2.75, 3.05) is 20.8 Å². The minimum atomic E-state index is -1.82. The summed E-state index contributed by atoms with van der Waals surface area (Å²) in [7, 11) is 3.23. The number of allylic oxidation sites excluding steroid dienone is 2. The summed E-state index contributed by atoms with van der Waals surface area (Å²) in [5.74, 6) is -2.10. The molecule has 1 spiro atoms. The second-order valence-electron chi connectivity index (χ2n) is 19.4. The highest BCUT2D eigenvalue weighted by Crippen LogP contribution is 2.48. The van der Waals surface area contributed by atoms with E-state index in [2.05, 4.69) is 40.7 Å². The summed E-state index contributed by atoms with van der Waals surface area (Å²) in [5.41, 5.74) is 0.188. The second kappa shape index (κ2) is 19.8. The zero-order valence-electron chi connectivity index (χ0n) is 38.5. The number of fused-ring (bicyclic) bond motifs is 2. The third-order valence-electron chi connectivity index (χ3n) is 14.9. The Kier molecular flexibility index (Phi) is 15.3. The van der Waals surface area contributed by atoms with Gasteiger partial charge in [0.05, 0.1) is 49.3 Å². The lowest BCUT2D eigenvalue weighted by Gasteiger charge is -2.51. The van der Waals surface area contributed by atoms with Crippen molar-refractivity contribution >= 4 is 5.97 Å². The van der Waals surface area contributed by atoms with Gasteiger partial charge in [-0.1, -0.05) is 64.5 Å². The fraction of sp³-hybridized carbons (Fsp3) is 0.812. The number of ether oxygens (including phenoxy) is 10. The lowest BCUT2D eigenvalue weighted by Crippen LogP contribution is -2.58. The summed E-state index contributed by atoms with van der Waals surface area (Å²) < 4.78 is 63.9. The van der Waals surface area contributed by atoms with Gasteiger partial charge in [-0.05, 0) is 69.1 Å². The Morgan fingerprint density at radius 1 is 0.919 bits per heavy atom. The van der Waals surface area contributed by atoms with Crippen LogP contribution in [0.5, 0.6) is 0 Å². The molecule has 14 heteroatoms. The van der Waals surface area contributed by atoms with Crippen LogP contribution >= 0.6 is 0 Å². The molecule has 62 heavy (non-hydrogen) atoms. The molecule has 3 N–H and O–H groups in total. The van der Waals surface area contributed by atoms with Crippen LogP contribution in [0.15, 0.2) is 47.1 Å². The van der Waals surface area contributed by atoms with Crippen molar-refractivity contribution in [1.82, 2.24) is 0 Å². The van der Waals surface area contributed by atoms with Crippen LogP contribution in [-0.2, 0) is 52.2 Å². The molecule has 0 amide bonds. The topological polar surface area (TPSA) is 170 Å². The molecule has 6 heterocycles. The van der Waals surface area contributed by atoms with E-state index in [1.807, 2.05) is 19.1 Å². The van der Waals surface area contributed by atoms with Crippen LogP contribution < -0.4 is 0 Å². The minimum absolute atomic E-state index is 0.00708. The molecule has 0 saturated carbocycles. The van der Waals surface area contributed by atoms with E-state index in [4.69, 9.17) is 47.4 Å². The highest BCUT2D eigenvalue weighted by atomic mass is 16.7. The van der Waals surface area contributed by atoms with E-state index in [9.17, 15) is 20.1 Å². The number of carbonyl (C=O) groups is 1. The first-order valence-corrected chi connectivity index (χ1v) is 23.2. The van der Waals surface area contributed by atoms with Gasteiger partial charge in [0.2, 0.25) is 0 Å². The molecule has 0 aromatic carbocycles. The average Bonchev–Trinajstić information content (AvgIpc) is 3.58. The highest BCUT2D eigenvalue weighted by Gasteiger charge is 2.60. The molecular formula is C48H74O14. The number of esters is 1. The van der Waals surface area contributed by atoms with Gasteiger partial charge in [-0.3, -0.25) is 4.79 Å². The Morgan fingerprint density at radius 3 is 2.35 bits per heavy atom. The maximum absolute atomic E-state index is 14.4. The number of methoxy groups -OCH3 is 2. The molecule has 0 aromatic rings. The summed E-state index contributed by atoms with van der Waals surface area (Å²) in [6.45, 7) is 16.3. The molecule has 6 aliphatic heterocycles. The molecule has 0 unspecified atom stereocenters. The van der Waals surface area contributed by atoms with Crippen molar-refractivity contribution < 1.29 is 67.5 Å². The van der Waals surface area contributed by atoms with Crippen LogP contribution in [0, 0.1) is 23.7 Å². The number of rotatable bonds is 8. The molecule has 2 bridgehead atoms. The molecule has 0 radical (unpaired) electrons. The van der Waals surface area contributed by atoms with E-state index in [1.54, 1.807) is 40.2 Å². The van der Waals surface area contributed by atoms with Gasteiger partial charge in [-0.15, -0.1) is 0 Å². The highest BCUT2D eigenvalue weighted by molar-refractivity contribution is 5.78. The first-order chi connectivity index (χ1) is 29.5. The number of hydrogen-bond donors (Lipinski definition) is 3. The Labute approximate surface area is 368 Å². The van der Waals surface area contributed by atoms with Gasteiger partial charge in [0.15, 0.2) is 18.4 Å². The minimum Gasteiger partial charge on any atom is -0.462 e. The molecule has 5 fully saturated rings. The summed E-state index contributed by atoms with van der Waals surface area (Å²) in [5, 5.41) is 34.2. The summed E-state index contributed by atoms with van der Waals surface area (Å²) >= 11 is 0. The second-order valence-corrected chi connectivity index (χ2v) is 19.4. The van der Waals surface area contributed by atoms with E-state index in [0.29, 0.717) is 61.5 Å². The monoisotopic (exact) mass is 875 g/mol. The quantitative estimate of drug-likeness (QED) is 0.204. The first kappa shape index (κ1) is 47.9. The summed E-state index contributed by atoms with van der Waals surface area (Å²) in [6, 6.07) is 0. The van der Waals surface area contributed by atoms with Gasteiger partial charge in [0, 0.05) is 52.2 Å². The van der Waals surface area contributed by atoms with Crippen molar-refractivity contribution in [3.63, 3.8) is 0 Å². The zero-order chi connectivity index (χ0) is 44.7. The zero-order valence-corrected chi connectivity index (χ0v) is 38.5. The Morgan fingerprint density at radius 2 is 1.63 bits per heavy atom. The normalized spacial score (nSPS) is 49.4. The maximum Gasteiger partial charge on any atom is 0.316 e. The Bertz CT molecular complexity index is 1680. The van der Waals surface area contributed by atoms with Crippen LogP contribution in [0.1, 0.15) is 107 Å². The fourth-order valence-corrected chi connectivity index (χ4v) is 11.0. The molecule has 7 rings (SSSR count). The lowest BCUT2D eigenvalue weighted by molar-refractivity contribution is -0.340. The standard InChI is InChI=1S/C48H74O14/c1-11-25(2)43-28(5)17-18-47(62-43)23-34-20-33(61-47)16-15-27(4)42(26(3)13-12-14-32-24-55-45-40(49)29(6)19-35(46(51)58-34)48(32,45)52)59-39-22-37(54-10)44(31(8)57-39)60-38-21-36(53-9)41(50)30(7)56-38/h12-15,19,25-26,28,30-31,33-45,49-50,52H,11,16-18,20-24H2,1-10H3/b13-12+,27-15-,32-14+/t25-,26-,28-,30-,31-,33+,34-,35-,36-,37-,38-,39-,40+,41-,42-,43+,44-,45+,47+,48+/m0/s1. The van der Waals surface area contributed by atoms with Gasteiger partial charge >= 0.3 is 5.97 Å². The fourth-order valence-electron chi connectivity index (χ4n) is 11.0. The van der Waals surface area contributed by atoms with E-state index >= 15 is 0 Å². The molecular weight excluding hydrogens is 801 g/mol. The Balaban J connectivity index is 1.18. The van der Waals surface area contributed by atoms with Gasteiger partial charge in [-0.25, -0.2) is 0 Å². The van der Waals surface area contributed by atoms with Gasteiger partial charge in [0.25, 0.3) is 0 Å². The predicted molar refractivity (Wildman–Crippen MR) is 227 cm³/mol. The molecule has 0 aromatic heterocycles. The van der Waals surface area contributed by atoms with Crippen molar-refractivity contribution in [3.8, 4) is 0 Å². The smallest absolute Gasteiger partial charge is 0.316 e. The molecule has 7 aliphatic rings. The molecule has 20 atom stereocenters. The van der Waals surface area contributed by atoms with Crippen LogP contribution in [0.4, 0.5) is 0 Å². The molecule has 5 saturated heterocycles. The van der Waals surface area contributed by atoms with Gasteiger partial charge in [-0.2, -0.15) is 0 Å². The van der Waals surface area contributed by atoms with E-state index < -0.39 is 90.8 Å². The number of carbonyl (C=O) groups excluding carboxylic acids is 1. The maximum atomic E-state index is 14.4. The van der Waals surface area contributed by atoms with E-state index in [1.165, 1.54) is 0 Å².